The van der Waals surface area contributed by atoms with Crippen molar-refractivity contribution >= 4 is 17.6 Å². The number of nitrogens with zero attached hydrogens (tertiary/aromatic N) is 2. The van der Waals surface area contributed by atoms with Crippen molar-refractivity contribution in [3.63, 3.8) is 0 Å². The molecular weight excluding hydrogens is 612 g/mol. The Morgan fingerprint density at radius 1 is 1.00 bits per heavy atom. The number of likely N-dealkylation sites (N-methyl/N-ethyl adjacent to an activating group) is 1. The molecule has 2 aromatic carbocycles. The van der Waals surface area contributed by atoms with Crippen molar-refractivity contribution in [1.29, 1.82) is 0 Å². The number of aliphatic hydroxyl groups excluding tert-OH is 1. The van der Waals surface area contributed by atoms with E-state index in [-0.39, 0.29) is 49.5 Å². The molecule has 0 radical (unpaired) electrons. The van der Waals surface area contributed by atoms with Crippen LogP contribution in [0, 0.1) is 5.92 Å². The molecule has 1 aliphatic carbocycles. The summed E-state index contributed by atoms with van der Waals surface area (Å²) in [6.45, 7) is 8.34. The predicted octanol–water partition coefficient (Wildman–Crippen LogP) is 5.80. The van der Waals surface area contributed by atoms with E-state index >= 15 is 0 Å². The van der Waals surface area contributed by atoms with E-state index in [1.165, 1.54) is 6.42 Å². The van der Waals surface area contributed by atoms with Gasteiger partial charge < -0.3 is 39.6 Å². The quantitative estimate of drug-likeness (QED) is 0.324. The summed E-state index contributed by atoms with van der Waals surface area (Å²) in [5.74, 6) is 1.70. The average molecular weight is 667 g/mol. The number of anilines is 1. The van der Waals surface area contributed by atoms with Crippen LogP contribution in [0.15, 0.2) is 36.4 Å². The largest absolute Gasteiger partial charge is 0.490 e. The minimum absolute atomic E-state index is 0.0454. The Bertz CT molecular complexity index is 1370. The summed E-state index contributed by atoms with van der Waals surface area (Å²) >= 11 is 0. The van der Waals surface area contributed by atoms with E-state index in [0.29, 0.717) is 43.2 Å². The molecule has 2 aliphatic heterocycles. The molecule has 3 aliphatic rings. The Morgan fingerprint density at radius 3 is 2.54 bits per heavy atom. The highest BCUT2D eigenvalue weighted by atomic mass is 16.7. The Hall–Kier alpha value is -3.54. The van der Waals surface area contributed by atoms with Crippen LogP contribution in [0.5, 0.6) is 17.2 Å². The number of fused-ring (bicyclic) bond motifs is 2. The van der Waals surface area contributed by atoms with E-state index in [9.17, 15) is 14.7 Å². The molecular formula is C37H54N4O7. The summed E-state index contributed by atoms with van der Waals surface area (Å²) in [6.07, 6.45) is 7.74. The highest BCUT2D eigenvalue weighted by molar-refractivity contribution is 5.99. The fourth-order valence-corrected chi connectivity index (χ4v) is 6.79. The van der Waals surface area contributed by atoms with Crippen LogP contribution in [0.1, 0.15) is 88.1 Å². The summed E-state index contributed by atoms with van der Waals surface area (Å²) in [5.41, 5.74) is 1.99. The lowest BCUT2D eigenvalue weighted by Crippen LogP contribution is -2.47. The third kappa shape index (κ3) is 9.76. The van der Waals surface area contributed by atoms with E-state index in [1.807, 2.05) is 26.0 Å². The van der Waals surface area contributed by atoms with Gasteiger partial charge in [0.2, 0.25) is 6.79 Å². The van der Waals surface area contributed by atoms with Gasteiger partial charge in [-0.3, -0.25) is 9.69 Å². The summed E-state index contributed by atoms with van der Waals surface area (Å²) in [6, 6.07) is 10.7. The van der Waals surface area contributed by atoms with E-state index in [1.54, 1.807) is 23.1 Å². The van der Waals surface area contributed by atoms with Crippen molar-refractivity contribution < 1.29 is 33.6 Å². The van der Waals surface area contributed by atoms with Crippen LogP contribution in [0.4, 0.5) is 10.5 Å². The van der Waals surface area contributed by atoms with E-state index in [2.05, 4.69) is 35.6 Å². The van der Waals surface area contributed by atoms with Gasteiger partial charge in [0, 0.05) is 43.9 Å². The fourth-order valence-electron chi connectivity index (χ4n) is 6.79. The standard InChI is InChI=1S/C37H54N4O7/c1-25-20-41(26(2)23-42)36(43)31-19-30(39-37(44)38-29-11-6-5-7-12-29)14-16-32(31)48-27(3)10-8-9-17-45-35(25)22-40(4)21-28-13-15-33-34(18-28)47-24-46-33/h13-16,18-19,25-27,29,35,42H,5-12,17,20-24H2,1-4H3,(H2,38,39,44)/t25-,26+,27+,35+/m1/s1. The first-order valence-electron chi connectivity index (χ1n) is 17.7. The number of ether oxygens (including phenoxy) is 4. The van der Waals surface area contributed by atoms with Crippen LogP contribution in [-0.4, -0.2) is 91.3 Å². The minimum atomic E-state index is -0.448. The molecule has 0 aromatic heterocycles. The van der Waals surface area contributed by atoms with Crippen LogP contribution < -0.4 is 24.8 Å². The Kier molecular flexibility index (Phi) is 12.8. The number of hydrogen-bond donors (Lipinski definition) is 3. The molecule has 11 nitrogen and oxygen atoms in total. The van der Waals surface area contributed by atoms with Crippen LogP contribution in [0.25, 0.3) is 0 Å². The third-order valence-corrected chi connectivity index (χ3v) is 9.63. The maximum atomic E-state index is 14.4. The Labute approximate surface area is 285 Å². The molecule has 0 spiro atoms. The van der Waals surface area contributed by atoms with Gasteiger partial charge in [-0.15, -0.1) is 0 Å². The second kappa shape index (κ2) is 17.2. The highest BCUT2D eigenvalue weighted by Gasteiger charge is 2.31. The molecule has 11 heteroatoms. The number of benzene rings is 2. The molecule has 2 aromatic rings. The molecule has 4 atom stereocenters. The summed E-state index contributed by atoms with van der Waals surface area (Å²) < 4.78 is 23.9. The third-order valence-electron chi connectivity index (χ3n) is 9.63. The lowest BCUT2D eigenvalue weighted by molar-refractivity contribution is -0.0177. The van der Waals surface area contributed by atoms with Gasteiger partial charge in [-0.2, -0.15) is 0 Å². The minimum Gasteiger partial charge on any atom is -0.490 e. The molecule has 0 bridgehead atoms. The number of urea groups is 1. The number of aliphatic hydroxyl groups is 1. The first-order valence-corrected chi connectivity index (χ1v) is 17.7. The molecule has 0 unspecified atom stereocenters. The molecule has 5 rings (SSSR count). The fraction of sp³-hybridized carbons (Fsp3) is 0.622. The molecule has 0 saturated heterocycles. The lowest BCUT2D eigenvalue weighted by atomic mass is 9.96. The second-order valence-corrected chi connectivity index (χ2v) is 13.8. The monoisotopic (exact) mass is 666 g/mol. The Morgan fingerprint density at radius 2 is 1.75 bits per heavy atom. The van der Waals surface area contributed by atoms with E-state index < -0.39 is 6.04 Å². The van der Waals surface area contributed by atoms with Crippen molar-refractivity contribution in [1.82, 2.24) is 15.1 Å². The summed E-state index contributed by atoms with van der Waals surface area (Å²) in [7, 11) is 2.07. The van der Waals surface area contributed by atoms with Crippen molar-refractivity contribution in [3.8, 4) is 17.2 Å². The molecule has 1 fully saturated rings. The Balaban J connectivity index is 1.34. The SMILES string of the molecule is C[C@@H]1CN([C@@H](C)CO)C(=O)c2cc(NC(=O)NC3CCCCC3)ccc2O[C@@H](C)CCCCO[C@H]1CN(C)Cc1ccc2c(c1)OCO2. The number of hydrogen-bond acceptors (Lipinski definition) is 8. The van der Waals surface area contributed by atoms with Crippen molar-refractivity contribution in [2.24, 2.45) is 5.92 Å². The molecule has 1 saturated carbocycles. The van der Waals surface area contributed by atoms with Gasteiger partial charge in [0.1, 0.15) is 5.75 Å². The van der Waals surface area contributed by atoms with Crippen molar-refractivity contribution in [3.05, 3.63) is 47.5 Å². The summed E-state index contributed by atoms with van der Waals surface area (Å²) in [4.78, 5) is 31.2. The van der Waals surface area contributed by atoms with E-state index in [0.717, 1.165) is 62.0 Å². The number of nitrogens with one attached hydrogen (secondary N) is 2. The first-order chi connectivity index (χ1) is 23.2. The van der Waals surface area contributed by atoms with Crippen LogP contribution in [-0.2, 0) is 11.3 Å². The zero-order valence-corrected chi connectivity index (χ0v) is 29.0. The van der Waals surface area contributed by atoms with Crippen LogP contribution in [0.2, 0.25) is 0 Å². The topological polar surface area (TPSA) is 122 Å². The van der Waals surface area contributed by atoms with Crippen LogP contribution >= 0.6 is 0 Å². The predicted molar refractivity (Wildman–Crippen MR) is 185 cm³/mol. The van der Waals surface area contributed by atoms with Gasteiger partial charge in [0.05, 0.1) is 30.4 Å². The second-order valence-electron chi connectivity index (χ2n) is 13.8. The van der Waals surface area contributed by atoms with Crippen molar-refractivity contribution in [2.45, 2.75) is 103 Å². The number of rotatable bonds is 8. The molecule has 3 amide bonds. The van der Waals surface area contributed by atoms with Gasteiger partial charge in [-0.25, -0.2) is 4.79 Å². The number of amides is 3. The summed E-state index contributed by atoms with van der Waals surface area (Å²) in [5, 5.41) is 16.3. The van der Waals surface area contributed by atoms with Gasteiger partial charge >= 0.3 is 6.03 Å². The van der Waals surface area contributed by atoms with Gasteiger partial charge in [-0.1, -0.05) is 32.3 Å². The average Bonchev–Trinajstić information content (AvgIpc) is 3.54. The zero-order chi connectivity index (χ0) is 34.0. The molecule has 264 valence electrons. The van der Waals surface area contributed by atoms with Gasteiger partial charge in [0.25, 0.3) is 5.91 Å². The molecule has 48 heavy (non-hydrogen) atoms. The first kappa shape index (κ1) is 35.8. The normalized spacial score (nSPS) is 23.2. The van der Waals surface area contributed by atoms with Gasteiger partial charge in [0.15, 0.2) is 11.5 Å². The highest BCUT2D eigenvalue weighted by Crippen LogP contribution is 2.33. The number of carbonyl (C=O) groups is 2. The zero-order valence-electron chi connectivity index (χ0n) is 29.0. The van der Waals surface area contributed by atoms with Crippen LogP contribution in [0.3, 0.4) is 0 Å². The maximum absolute atomic E-state index is 14.4. The van der Waals surface area contributed by atoms with Gasteiger partial charge in [-0.05, 0) is 88.9 Å². The molecule has 3 N–H and O–H groups in total. The smallest absolute Gasteiger partial charge is 0.319 e. The number of carbonyl (C=O) groups excluding carboxylic acids is 2. The maximum Gasteiger partial charge on any atom is 0.319 e. The van der Waals surface area contributed by atoms with Crippen molar-refractivity contribution in [2.75, 3.05) is 45.5 Å². The molecule has 2 heterocycles. The lowest BCUT2D eigenvalue weighted by Gasteiger charge is -2.36. The van der Waals surface area contributed by atoms with E-state index in [4.69, 9.17) is 18.9 Å².